The highest BCUT2D eigenvalue weighted by atomic mass is 32.2. The van der Waals surface area contributed by atoms with E-state index in [2.05, 4.69) is 30.4 Å². The summed E-state index contributed by atoms with van der Waals surface area (Å²) in [6.45, 7) is 8.32. The molecule has 0 saturated carbocycles. The molecule has 128 valence electrons. The second-order valence-corrected chi connectivity index (χ2v) is 7.88. The van der Waals surface area contributed by atoms with Crippen molar-refractivity contribution in [3.05, 3.63) is 78.4 Å². The highest BCUT2D eigenvalue weighted by molar-refractivity contribution is 7.89. The summed E-state index contributed by atoms with van der Waals surface area (Å²) in [6, 6.07) is 17.1. The van der Waals surface area contributed by atoms with Crippen LogP contribution in [0.15, 0.2) is 72.1 Å². The third-order valence-corrected chi connectivity index (χ3v) is 5.79. The van der Waals surface area contributed by atoms with Crippen LogP contribution >= 0.6 is 0 Å². The molecule has 2 aromatic rings. The van der Waals surface area contributed by atoms with E-state index in [1.165, 1.54) is 5.56 Å². The van der Waals surface area contributed by atoms with Crippen molar-refractivity contribution in [2.75, 3.05) is 6.54 Å². The minimum Gasteiger partial charge on any atom is -0.211 e. The Morgan fingerprint density at radius 1 is 1.08 bits per heavy atom. The zero-order valence-electron chi connectivity index (χ0n) is 14.3. The molecule has 0 heterocycles. The lowest BCUT2D eigenvalue weighted by atomic mass is 9.85. The van der Waals surface area contributed by atoms with Crippen LogP contribution in [0.25, 0.3) is 0 Å². The van der Waals surface area contributed by atoms with Gasteiger partial charge in [-0.3, -0.25) is 0 Å². The number of nitrogens with one attached hydrogen (secondary N) is 1. The van der Waals surface area contributed by atoms with Gasteiger partial charge in [-0.2, -0.15) is 0 Å². The van der Waals surface area contributed by atoms with Crippen LogP contribution in [0.5, 0.6) is 0 Å². The van der Waals surface area contributed by atoms with E-state index in [0.717, 1.165) is 12.0 Å². The van der Waals surface area contributed by atoms with E-state index in [4.69, 9.17) is 0 Å². The summed E-state index contributed by atoms with van der Waals surface area (Å²) in [4.78, 5) is 0.307. The molecule has 0 aliphatic rings. The largest absolute Gasteiger partial charge is 0.240 e. The van der Waals surface area contributed by atoms with E-state index < -0.39 is 10.0 Å². The number of hydrogen-bond acceptors (Lipinski definition) is 2. The Morgan fingerprint density at radius 2 is 1.71 bits per heavy atom. The SMILES string of the molecule is C=CC(C)[C@@H](CCNS(=O)(=O)c1ccc(C)cc1)c1ccccc1. The first-order valence-corrected chi connectivity index (χ1v) is 9.66. The fourth-order valence-electron chi connectivity index (χ4n) is 2.75. The molecular weight excluding hydrogens is 318 g/mol. The Bertz CT molecular complexity index is 752. The minimum absolute atomic E-state index is 0.240. The number of benzene rings is 2. The van der Waals surface area contributed by atoms with Crippen molar-refractivity contribution in [3.63, 3.8) is 0 Å². The molecule has 24 heavy (non-hydrogen) atoms. The van der Waals surface area contributed by atoms with Crippen LogP contribution in [-0.2, 0) is 10.0 Å². The van der Waals surface area contributed by atoms with Gasteiger partial charge in [0, 0.05) is 6.54 Å². The second kappa shape index (κ2) is 8.27. The fourth-order valence-corrected chi connectivity index (χ4v) is 3.79. The molecule has 0 aromatic heterocycles. The summed E-state index contributed by atoms with van der Waals surface area (Å²) in [5.74, 6) is 0.515. The molecule has 2 atom stereocenters. The van der Waals surface area contributed by atoms with Crippen LogP contribution in [-0.4, -0.2) is 15.0 Å². The molecule has 0 spiro atoms. The van der Waals surface area contributed by atoms with E-state index >= 15 is 0 Å². The molecular formula is C20H25NO2S. The summed E-state index contributed by atoms with van der Waals surface area (Å²) >= 11 is 0. The Morgan fingerprint density at radius 3 is 2.29 bits per heavy atom. The molecule has 2 rings (SSSR count). The van der Waals surface area contributed by atoms with Crippen molar-refractivity contribution in [3.8, 4) is 0 Å². The summed E-state index contributed by atoms with van der Waals surface area (Å²) in [5.41, 5.74) is 2.25. The van der Waals surface area contributed by atoms with Crippen LogP contribution < -0.4 is 4.72 Å². The second-order valence-electron chi connectivity index (χ2n) is 6.11. The number of rotatable bonds is 8. The van der Waals surface area contributed by atoms with E-state index in [1.807, 2.05) is 31.2 Å². The molecule has 4 heteroatoms. The molecule has 0 bridgehead atoms. The third-order valence-electron chi connectivity index (χ3n) is 4.31. The first-order chi connectivity index (χ1) is 11.4. The Balaban J connectivity index is 2.04. The molecule has 1 unspecified atom stereocenters. The molecule has 2 aromatic carbocycles. The minimum atomic E-state index is -3.46. The van der Waals surface area contributed by atoms with Crippen LogP contribution in [0, 0.1) is 12.8 Å². The molecule has 0 fully saturated rings. The highest BCUT2D eigenvalue weighted by Crippen LogP contribution is 2.28. The summed E-state index contributed by atoms with van der Waals surface area (Å²) in [5, 5.41) is 0. The normalized spacial score (nSPS) is 14.1. The average molecular weight is 343 g/mol. The quantitative estimate of drug-likeness (QED) is 0.728. The van der Waals surface area contributed by atoms with Gasteiger partial charge >= 0.3 is 0 Å². The van der Waals surface area contributed by atoms with Gasteiger partial charge in [-0.05, 0) is 42.9 Å². The lowest BCUT2D eigenvalue weighted by Gasteiger charge is -2.22. The van der Waals surface area contributed by atoms with Crippen LogP contribution in [0.1, 0.15) is 30.4 Å². The number of sulfonamides is 1. The van der Waals surface area contributed by atoms with Gasteiger partial charge in [0.2, 0.25) is 10.0 Å². The monoisotopic (exact) mass is 343 g/mol. The highest BCUT2D eigenvalue weighted by Gasteiger charge is 2.19. The van der Waals surface area contributed by atoms with Crippen LogP contribution in [0.4, 0.5) is 0 Å². The van der Waals surface area contributed by atoms with Crippen molar-refractivity contribution in [1.82, 2.24) is 4.72 Å². The summed E-state index contributed by atoms with van der Waals surface area (Å²) in [7, 11) is -3.46. The molecule has 0 radical (unpaired) electrons. The predicted octanol–water partition coefficient (Wildman–Crippen LogP) is 4.27. The van der Waals surface area contributed by atoms with Gasteiger partial charge in [0.1, 0.15) is 0 Å². The van der Waals surface area contributed by atoms with Gasteiger partial charge in [-0.25, -0.2) is 13.1 Å². The Hall–Kier alpha value is -1.91. The van der Waals surface area contributed by atoms with Crippen molar-refractivity contribution < 1.29 is 8.42 Å². The maximum Gasteiger partial charge on any atom is 0.240 e. The molecule has 3 nitrogen and oxygen atoms in total. The molecule has 0 amide bonds. The van der Waals surface area contributed by atoms with Crippen molar-refractivity contribution in [1.29, 1.82) is 0 Å². The average Bonchev–Trinajstić information content (AvgIpc) is 2.59. The van der Waals surface area contributed by atoms with Gasteiger partial charge in [-0.15, -0.1) is 6.58 Å². The molecule has 0 aliphatic heterocycles. The maximum absolute atomic E-state index is 12.4. The Kier molecular flexibility index (Phi) is 6.35. The van der Waals surface area contributed by atoms with Gasteiger partial charge in [0.15, 0.2) is 0 Å². The summed E-state index contributed by atoms with van der Waals surface area (Å²) in [6.07, 6.45) is 2.65. The molecule has 1 N–H and O–H groups in total. The first kappa shape index (κ1) is 18.4. The number of hydrogen-bond donors (Lipinski definition) is 1. The predicted molar refractivity (Wildman–Crippen MR) is 99.5 cm³/mol. The van der Waals surface area contributed by atoms with Gasteiger partial charge in [-0.1, -0.05) is 61.0 Å². The van der Waals surface area contributed by atoms with Crippen molar-refractivity contribution in [2.24, 2.45) is 5.92 Å². The Labute approximate surface area is 145 Å². The topological polar surface area (TPSA) is 46.2 Å². The van der Waals surface area contributed by atoms with Crippen molar-refractivity contribution in [2.45, 2.75) is 31.1 Å². The van der Waals surface area contributed by atoms with Gasteiger partial charge < -0.3 is 0 Å². The van der Waals surface area contributed by atoms with Crippen LogP contribution in [0.2, 0.25) is 0 Å². The number of aryl methyl sites for hydroxylation is 1. The van der Waals surface area contributed by atoms with E-state index in [0.29, 0.717) is 11.4 Å². The van der Waals surface area contributed by atoms with Crippen molar-refractivity contribution >= 4 is 10.0 Å². The smallest absolute Gasteiger partial charge is 0.211 e. The lowest BCUT2D eigenvalue weighted by molar-refractivity contribution is 0.502. The van der Waals surface area contributed by atoms with E-state index in [1.54, 1.807) is 24.3 Å². The molecule has 0 saturated heterocycles. The fraction of sp³-hybridized carbons (Fsp3) is 0.300. The third kappa shape index (κ3) is 4.79. The standard InChI is InChI=1S/C20H25NO2S/c1-4-17(3)20(18-8-6-5-7-9-18)14-15-21-24(22,23)19-12-10-16(2)11-13-19/h4-13,17,20-21H,1,14-15H2,2-3H3/t17?,20-/m1/s1. The number of allylic oxidation sites excluding steroid dienone is 1. The summed E-state index contributed by atoms with van der Waals surface area (Å²) < 4.78 is 27.5. The maximum atomic E-state index is 12.4. The lowest BCUT2D eigenvalue weighted by Crippen LogP contribution is -2.26. The zero-order valence-corrected chi connectivity index (χ0v) is 15.1. The van der Waals surface area contributed by atoms with E-state index in [9.17, 15) is 8.42 Å². The van der Waals surface area contributed by atoms with Gasteiger partial charge in [0.25, 0.3) is 0 Å². The van der Waals surface area contributed by atoms with E-state index in [-0.39, 0.29) is 11.8 Å². The zero-order chi connectivity index (χ0) is 17.6. The molecule has 0 aliphatic carbocycles. The van der Waals surface area contributed by atoms with Crippen LogP contribution in [0.3, 0.4) is 0 Å². The first-order valence-electron chi connectivity index (χ1n) is 8.18. The van der Waals surface area contributed by atoms with Gasteiger partial charge in [0.05, 0.1) is 4.90 Å².